The van der Waals surface area contributed by atoms with Gasteiger partial charge in [-0.25, -0.2) is 0 Å². The minimum Gasteiger partial charge on any atom is -0.335 e. The van der Waals surface area contributed by atoms with E-state index in [0.29, 0.717) is 0 Å². The lowest BCUT2D eigenvalue weighted by atomic mass is 9.81. The van der Waals surface area contributed by atoms with E-state index in [9.17, 15) is 2.74 Å². The summed E-state index contributed by atoms with van der Waals surface area (Å²) in [5.74, 6) is -1.67. The zero-order valence-corrected chi connectivity index (χ0v) is 24.5. The number of hydrogen-bond acceptors (Lipinski definition) is 1. The maximum absolute atomic E-state index is 9.35. The van der Waals surface area contributed by atoms with Crippen molar-refractivity contribution < 1.29 is 2.74 Å². The van der Waals surface area contributed by atoms with Crippen molar-refractivity contribution in [3.63, 3.8) is 0 Å². The molecule has 0 N–H and O–H groups in total. The van der Waals surface area contributed by atoms with Crippen molar-refractivity contribution in [3.05, 3.63) is 107 Å². The summed E-state index contributed by atoms with van der Waals surface area (Å²) >= 11 is 0. The van der Waals surface area contributed by atoms with Gasteiger partial charge in [0.05, 0.1) is 5.69 Å². The Balaban J connectivity index is 1.91. The summed E-state index contributed by atoms with van der Waals surface area (Å²) in [6.45, 7) is 19.3. The van der Waals surface area contributed by atoms with Crippen LogP contribution in [0.25, 0.3) is 22.3 Å². The summed E-state index contributed by atoms with van der Waals surface area (Å²) < 4.78 is 18.6. The van der Waals surface area contributed by atoms with Crippen molar-refractivity contribution in [2.75, 3.05) is 4.90 Å². The second-order valence-electron chi connectivity index (χ2n) is 12.7. The van der Waals surface area contributed by atoms with Gasteiger partial charge in [-0.3, -0.25) is 0 Å². The number of nitrogens with zero attached hydrogens (tertiary/aromatic N) is 1. The van der Waals surface area contributed by atoms with E-state index in [4.69, 9.17) is 0 Å². The molecular weight excluding hydrogens is 458 g/mol. The molecule has 196 valence electrons. The highest BCUT2D eigenvalue weighted by molar-refractivity contribution is 5.90. The summed E-state index contributed by atoms with van der Waals surface area (Å²) in [4.78, 5) is 2.42. The molecule has 0 bridgehead atoms. The molecule has 0 unspecified atom stereocenters. The number of fused-ring (bicyclic) bond motifs is 3. The van der Waals surface area contributed by atoms with Crippen LogP contribution in [0.2, 0.25) is 0 Å². The molecule has 1 heteroatoms. The van der Waals surface area contributed by atoms with Gasteiger partial charge in [0.25, 0.3) is 0 Å². The average molecular weight is 504 g/mol. The predicted molar refractivity (Wildman–Crippen MR) is 166 cm³/mol. The summed E-state index contributed by atoms with van der Waals surface area (Å²) in [6.07, 6.45) is 0. The molecule has 38 heavy (non-hydrogen) atoms. The first-order chi connectivity index (χ1) is 18.5. The predicted octanol–water partition coefficient (Wildman–Crippen LogP) is 10.8. The van der Waals surface area contributed by atoms with E-state index in [1.807, 2.05) is 33.8 Å². The van der Waals surface area contributed by atoms with Gasteiger partial charge in [0.2, 0.25) is 0 Å². The number of hydrogen-bond donors (Lipinski definition) is 0. The fourth-order valence-electron chi connectivity index (χ4n) is 6.18. The van der Waals surface area contributed by atoms with E-state index >= 15 is 0 Å². The van der Waals surface area contributed by atoms with Crippen LogP contribution in [0.4, 0.5) is 11.4 Å². The summed E-state index contributed by atoms with van der Waals surface area (Å²) in [6, 6.07) is 30.2. The number of benzene rings is 4. The third-order valence-electron chi connectivity index (χ3n) is 8.03. The van der Waals surface area contributed by atoms with Gasteiger partial charge < -0.3 is 4.90 Å². The third-order valence-corrected chi connectivity index (χ3v) is 8.03. The molecule has 0 aliphatic heterocycles. The molecule has 0 heterocycles. The van der Waals surface area contributed by atoms with Crippen LogP contribution in [-0.2, 0) is 5.41 Å². The lowest BCUT2D eigenvalue weighted by Gasteiger charge is -2.43. The molecule has 0 fully saturated rings. The van der Waals surface area contributed by atoms with Crippen molar-refractivity contribution in [1.82, 2.24) is 0 Å². The van der Waals surface area contributed by atoms with Crippen molar-refractivity contribution in [1.29, 1.82) is 0 Å². The lowest BCUT2D eigenvalue weighted by Crippen LogP contribution is -2.39. The van der Waals surface area contributed by atoms with E-state index in [1.165, 1.54) is 22.3 Å². The second-order valence-corrected chi connectivity index (χ2v) is 12.7. The highest BCUT2D eigenvalue weighted by Gasteiger charge is 2.38. The van der Waals surface area contributed by atoms with Crippen LogP contribution < -0.4 is 4.90 Å². The largest absolute Gasteiger partial charge is 0.335 e. The summed E-state index contributed by atoms with van der Waals surface area (Å²) in [5.41, 5.74) is 10.9. The standard InChI is InChI=1S/C37H43N/c1-24(2)27-19-15-20-28(26-16-11-10-12-17-26)35(27)38(36(5,6)7)34-23-33-31(22-30(34)25(3)4)29-18-13-14-21-32(29)37(33,8)9/h10-25H,1-9H3/i24D,25D. The zero-order chi connectivity index (χ0) is 29.3. The molecule has 1 aliphatic rings. The Labute approximate surface area is 233 Å². The quantitative estimate of drug-likeness (QED) is 0.262. The SMILES string of the molecule is [2H]C(C)(C)c1cc2c(cc1N(c1c(-c3ccccc3)cccc1C([2H])(C)C)C(C)(C)C)C(C)(C)c1ccccc1-2. The Morgan fingerprint density at radius 2 is 1.26 bits per heavy atom. The molecule has 1 aliphatic carbocycles. The maximum atomic E-state index is 9.35. The first kappa shape index (κ1) is 23.8. The topological polar surface area (TPSA) is 3.24 Å². The van der Waals surface area contributed by atoms with Gasteiger partial charge in [0.1, 0.15) is 0 Å². The molecule has 0 spiro atoms. The average Bonchev–Trinajstić information content (AvgIpc) is 3.09. The monoisotopic (exact) mass is 503 g/mol. The Morgan fingerprint density at radius 3 is 1.89 bits per heavy atom. The molecule has 0 amide bonds. The molecule has 0 atom stereocenters. The normalized spacial score (nSPS) is 15.4. The van der Waals surface area contributed by atoms with E-state index in [0.717, 1.165) is 33.6 Å². The third kappa shape index (κ3) is 4.27. The fraction of sp³-hybridized carbons (Fsp3) is 0.351. The molecule has 0 radical (unpaired) electrons. The summed E-state index contributed by atoms with van der Waals surface area (Å²) in [5, 5.41) is 0. The first-order valence-electron chi connectivity index (χ1n) is 14.8. The van der Waals surface area contributed by atoms with Crippen molar-refractivity contribution in [2.24, 2.45) is 0 Å². The van der Waals surface area contributed by atoms with E-state index < -0.39 is 11.8 Å². The van der Waals surface area contributed by atoms with Gasteiger partial charge in [-0.05, 0) is 83.6 Å². The molecule has 5 rings (SSSR count). The Hall–Kier alpha value is -3.32. The van der Waals surface area contributed by atoms with Crippen LogP contribution in [0, 0.1) is 0 Å². The number of rotatable bonds is 5. The minimum absolute atomic E-state index is 0.161. The number of para-hydroxylation sites is 1. The molecule has 4 aromatic carbocycles. The van der Waals surface area contributed by atoms with Crippen molar-refractivity contribution in [3.8, 4) is 22.3 Å². The van der Waals surface area contributed by atoms with Crippen molar-refractivity contribution in [2.45, 2.75) is 85.1 Å². The highest BCUT2D eigenvalue weighted by Crippen LogP contribution is 2.53. The Bertz CT molecular complexity index is 1560. The van der Waals surface area contributed by atoms with Gasteiger partial charge in [-0.1, -0.05) is 114 Å². The highest BCUT2D eigenvalue weighted by atomic mass is 15.2. The zero-order valence-electron chi connectivity index (χ0n) is 26.5. The van der Waals surface area contributed by atoms with Gasteiger partial charge in [-0.15, -0.1) is 0 Å². The van der Waals surface area contributed by atoms with Crippen LogP contribution in [0.1, 0.15) is 99.1 Å². The molecule has 4 aromatic rings. The van der Waals surface area contributed by atoms with Crippen LogP contribution in [0.15, 0.2) is 84.9 Å². The van der Waals surface area contributed by atoms with Gasteiger partial charge in [-0.2, -0.15) is 0 Å². The van der Waals surface area contributed by atoms with Crippen molar-refractivity contribution >= 4 is 11.4 Å². The van der Waals surface area contributed by atoms with Crippen LogP contribution in [0.3, 0.4) is 0 Å². The lowest BCUT2D eigenvalue weighted by molar-refractivity contribution is 0.554. The van der Waals surface area contributed by atoms with Crippen LogP contribution in [-0.4, -0.2) is 5.54 Å². The molecular formula is C37H43N. The smallest absolute Gasteiger partial charge is 0.0530 e. The second kappa shape index (κ2) is 9.45. The minimum atomic E-state index is -0.839. The molecule has 1 nitrogen and oxygen atoms in total. The molecule has 0 saturated carbocycles. The molecule has 0 saturated heterocycles. The fourth-order valence-corrected chi connectivity index (χ4v) is 6.18. The molecule has 0 aromatic heterocycles. The van der Waals surface area contributed by atoms with Gasteiger partial charge in [0, 0.05) is 24.9 Å². The number of anilines is 2. The van der Waals surface area contributed by atoms with E-state index in [2.05, 4.69) is 118 Å². The Kier molecular flexibility index (Phi) is 5.91. The van der Waals surface area contributed by atoms with Crippen LogP contribution in [0.5, 0.6) is 0 Å². The van der Waals surface area contributed by atoms with Gasteiger partial charge >= 0.3 is 0 Å². The van der Waals surface area contributed by atoms with Gasteiger partial charge in [0.15, 0.2) is 0 Å². The van der Waals surface area contributed by atoms with Crippen LogP contribution >= 0.6 is 0 Å². The first-order valence-corrected chi connectivity index (χ1v) is 13.8. The summed E-state index contributed by atoms with van der Waals surface area (Å²) in [7, 11) is 0. The maximum Gasteiger partial charge on any atom is 0.0530 e. The van der Waals surface area contributed by atoms with E-state index in [-0.39, 0.29) is 11.0 Å². The Morgan fingerprint density at radius 1 is 0.658 bits per heavy atom. The van der Waals surface area contributed by atoms with E-state index in [1.54, 1.807) is 0 Å².